The first kappa shape index (κ1) is 42.6. The Labute approximate surface area is 304 Å². The fourth-order valence-corrected chi connectivity index (χ4v) is 6.57. The first-order valence-corrected chi connectivity index (χ1v) is 18.6. The van der Waals surface area contributed by atoms with Crippen molar-refractivity contribution in [2.24, 2.45) is 23.2 Å². The maximum Gasteiger partial charge on any atom is 0.335 e. The molecular formula is C41H62O10. The summed E-state index contributed by atoms with van der Waals surface area (Å²) in [5.74, 6) is -1.25. The van der Waals surface area contributed by atoms with E-state index in [9.17, 15) is 30.0 Å². The number of carbonyl (C=O) groups excluding carboxylic acids is 2. The van der Waals surface area contributed by atoms with Crippen molar-refractivity contribution in [3.8, 4) is 0 Å². The highest BCUT2D eigenvalue weighted by Crippen LogP contribution is 2.41. The largest absolute Gasteiger partial charge is 0.463 e. The minimum atomic E-state index is -1.36. The van der Waals surface area contributed by atoms with E-state index in [1.807, 2.05) is 65.0 Å². The Bertz CT molecular complexity index is 1280. The van der Waals surface area contributed by atoms with Crippen LogP contribution in [0.25, 0.3) is 0 Å². The fourth-order valence-electron chi connectivity index (χ4n) is 6.57. The van der Waals surface area contributed by atoms with Gasteiger partial charge in [0.2, 0.25) is 0 Å². The number of carbonyl (C=O) groups is 2. The maximum absolute atomic E-state index is 13.0. The lowest BCUT2D eigenvalue weighted by atomic mass is 9.73. The number of aliphatic hydroxyl groups excluding tert-OH is 4. The number of esters is 2. The van der Waals surface area contributed by atoms with Gasteiger partial charge in [-0.3, -0.25) is 0 Å². The molecule has 0 amide bonds. The van der Waals surface area contributed by atoms with Gasteiger partial charge in [-0.25, -0.2) is 9.59 Å². The van der Waals surface area contributed by atoms with Crippen molar-refractivity contribution in [1.29, 1.82) is 0 Å². The second-order valence-electron chi connectivity index (χ2n) is 15.1. The number of fused-ring (bicyclic) bond motifs is 4. The zero-order valence-electron chi connectivity index (χ0n) is 31.3. The number of aliphatic hydroxyl groups is 4. The summed E-state index contributed by atoms with van der Waals surface area (Å²) in [6.07, 6.45) is 18.9. The zero-order valence-corrected chi connectivity index (χ0v) is 31.3. The second-order valence-corrected chi connectivity index (χ2v) is 15.1. The summed E-state index contributed by atoms with van der Waals surface area (Å²) in [4.78, 5) is 25.4. The Morgan fingerprint density at radius 2 is 1.84 bits per heavy atom. The van der Waals surface area contributed by atoms with Crippen molar-refractivity contribution in [3.63, 3.8) is 0 Å². The van der Waals surface area contributed by atoms with Gasteiger partial charge >= 0.3 is 11.9 Å². The molecule has 286 valence electrons. The SMILES string of the molecule is CC1=C[C@H]2O[C@@H](C/C=C/C=C/C(=O)O[C@@H]3C[C@@H](/C=C/CC=C1)O[C@@H](C/C=C\CC(O)C(=O)OCC(C)C(O)CC(C)C)[C@]3(C)CO)C[C@H](O)[C@H]2C. The highest BCUT2D eigenvalue weighted by Gasteiger charge is 2.49. The summed E-state index contributed by atoms with van der Waals surface area (Å²) in [6.45, 7) is 11.4. The molecule has 10 heteroatoms. The van der Waals surface area contributed by atoms with Crippen LogP contribution in [0.4, 0.5) is 0 Å². The van der Waals surface area contributed by atoms with Crippen molar-refractivity contribution >= 4 is 11.9 Å². The van der Waals surface area contributed by atoms with E-state index >= 15 is 0 Å². The first-order valence-electron chi connectivity index (χ1n) is 18.6. The zero-order chi connectivity index (χ0) is 37.6. The van der Waals surface area contributed by atoms with Crippen LogP contribution in [0.3, 0.4) is 0 Å². The van der Waals surface area contributed by atoms with Crippen LogP contribution in [-0.2, 0) is 28.5 Å². The molecule has 0 spiro atoms. The Morgan fingerprint density at radius 3 is 2.57 bits per heavy atom. The molecule has 2 fully saturated rings. The molecular weight excluding hydrogens is 652 g/mol. The molecule has 4 N–H and O–H groups in total. The van der Waals surface area contributed by atoms with Gasteiger partial charge in [-0.15, -0.1) is 0 Å². The fraction of sp³-hybridized carbons (Fsp3) is 0.659. The minimum absolute atomic E-state index is 0.0189. The van der Waals surface area contributed by atoms with E-state index in [2.05, 4.69) is 6.08 Å². The van der Waals surface area contributed by atoms with E-state index < -0.39 is 47.9 Å². The molecule has 3 aliphatic rings. The minimum Gasteiger partial charge on any atom is -0.463 e. The van der Waals surface area contributed by atoms with Crippen molar-refractivity contribution in [2.75, 3.05) is 13.2 Å². The van der Waals surface area contributed by atoms with E-state index in [-0.39, 0.29) is 49.8 Å². The van der Waals surface area contributed by atoms with Crippen molar-refractivity contribution < 1.29 is 49.0 Å². The van der Waals surface area contributed by atoms with Gasteiger partial charge < -0.3 is 39.4 Å². The van der Waals surface area contributed by atoms with Crippen LogP contribution in [0, 0.1) is 23.2 Å². The average Bonchev–Trinajstić information content (AvgIpc) is 3.07. The quantitative estimate of drug-likeness (QED) is 0.161. The molecule has 0 aliphatic carbocycles. The van der Waals surface area contributed by atoms with Crippen molar-refractivity contribution in [2.45, 2.75) is 135 Å². The molecule has 0 aromatic heterocycles. The van der Waals surface area contributed by atoms with Gasteiger partial charge in [0.15, 0.2) is 6.10 Å². The molecule has 10 nitrogen and oxygen atoms in total. The summed E-state index contributed by atoms with van der Waals surface area (Å²) >= 11 is 0. The summed E-state index contributed by atoms with van der Waals surface area (Å²) in [6, 6.07) is 0. The lowest BCUT2D eigenvalue weighted by Crippen LogP contribution is -2.55. The molecule has 3 aliphatic heterocycles. The number of ether oxygens (including phenoxy) is 4. The predicted octanol–water partition coefficient (Wildman–Crippen LogP) is 5.46. The van der Waals surface area contributed by atoms with Crippen LogP contribution in [-0.4, -0.2) is 94.4 Å². The third-order valence-corrected chi connectivity index (χ3v) is 10.2. The summed E-state index contributed by atoms with van der Waals surface area (Å²) in [7, 11) is 0. The van der Waals surface area contributed by atoms with Gasteiger partial charge in [-0.05, 0) is 38.5 Å². The summed E-state index contributed by atoms with van der Waals surface area (Å²) in [5.41, 5.74) is 0.116. The van der Waals surface area contributed by atoms with Gasteiger partial charge in [0.25, 0.3) is 0 Å². The smallest absolute Gasteiger partial charge is 0.335 e. The Balaban J connectivity index is 1.70. The molecule has 0 aromatic carbocycles. The van der Waals surface area contributed by atoms with E-state index in [4.69, 9.17) is 18.9 Å². The Morgan fingerprint density at radius 1 is 1.08 bits per heavy atom. The molecule has 3 unspecified atom stereocenters. The topological polar surface area (TPSA) is 152 Å². The van der Waals surface area contributed by atoms with E-state index in [1.165, 1.54) is 6.08 Å². The lowest BCUT2D eigenvalue weighted by molar-refractivity contribution is -0.198. The monoisotopic (exact) mass is 714 g/mol. The molecule has 3 heterocycles. The predicted molar refractivity (Wildman–Crippen MR) is 196 cm³/mol. The number of hydrogen-bond acceptors (Lipinski definition) is 10. The van der Waals surface area contributed by atoms with Crippen LogP contribution in [0.1, 0.15) is 86.5 Å². The standard InChI is InChI=1S/C41H62O10/c1-27(2)21-34(44)29(4)25-48-40(47)33(43)18-13-14-19-37-41(6,26-42)38-24-32(50-37)17-10-7-9-15-28(3)22-36-30(5)35(45)23-31(49-36)16-11-8-12-20-39(46)51-38/h8-15,17,20,22,27,29-38,42-45H,7,16,18-19,21,23-26H2,1-6H3/b11-8+,14-13-,15-9?,17-10+,20-12+,28-22?/t29?,30-,31+,32-,33?,34?,35+,36-,37+,38-,41+/m1/s1. The van der Waals surface area contributed by atoms with Gasteiger partial charge in [0.05, 0.1) is 55.3 Å². The molecule has 4 bridgehead atoms. The maximum atomic E-state index is 13.0. The van der Waals surface area contributed by atoms with E-state index in [0.29, 0.717) is 44.4 Å². The van der Waals surface area contributed by atoms with Crippen molar-refractivity contribution in [1.82, 2.24) is 0 Å². The lowest BCUT2D eigenvalue weighted by Gasteiger charge is -2.47. The molecule has 0 aromatic rings. The second kappa shape index (κ2) is 21.0. The van der Waals surface area contributed by atoms with Crippen LogP contribution in [0.5, 0.6) is 0 Å². The van der Waals surface area contributed by atoms with Crippen molar-refractivity contribution in [3.05, 3.63) is 72.4 Å². The highest BCUT2D eigenvalue weighted by atomic mass is 16.6. The molecule has 0 saturated carbocycles. The normalized spacial score (nSPS) is 34.5. The summed E-state index contributed by atoms with van der Waals surface area (Å²) < 4.78 is 23.9. The van der Waals surface area contributed by atoms with Crippen LogP contribution in [0.2, 0.25) is 0 Å². The van der Waals surface area contributed by atoms with Gasteiger partial charge in [0, 0.05) is 37.2 Å². The molecule has 3 rings (SSSR count). The van der Waals surface area contributed by atoms with Gasteiger partial charge in [0.1, 0.15) is 6.10 Å². The molecule has 0 radical (unpaired) electrons. The first-order chi connectivity index (χ1) is 24.2. The van der Waals surface area contributed by atoms with E-state index in [1.54, 1.807) is 31.2 Å². The number of rotatable bonds is 11. The van der Waals surface area contributed by atoms with E-state index in [0.717, 1.165) is 5.57 Å². The highest BCUT2D eigenvalue weighted by molar-refractivity contribution is 5.82. The third-order valence-electron chi connectivity index (χ3n) is 10.2. The molecule has 51 heavy (non-hydrogen) atoms. The van der Waals surface area contributed by atoms with Gasteiger partial charge in [-0.1, -0.05) is 101 Å². The number of hydrogen-bond donors (Lipinski definition) is 4. The van der Waals surface area contributed by atoms with Gasteiger partial charge in [-0.2, -0.15) is 0 Å². The third kappa shape index (κ3) is 13.6. The Kier molecular flexibility index (Phi) is 17.5. The van der Waals surface area contributed by atoms with Crippen LogP contribution in [0.15, 0.2) is 72.4 Å². The number of allylic oxidation sites excluding steroid dienone is 6. The molecule has 11 atom stereocenters. The average molecular weight is 715 g/mol. The van der Waals surface area contributed by atoms with Crippen LogP contribution >= 0.6 is 0 Å². The van der Waals surface area contributed by atoms with Crippen LogP contribution < -0.4 is 0 Å². The molecule has 2 saturated heterocycles. The Hall–Kier alpha value is -2.86. The summed E-state index contributed by atoms with van der Waals surface area (Å²) in [5, 5.41) is 41.9.